The number of nitrogens with zero attached hydrogens (tertiary/aromatic N) is 2. The van der Waals surface area contributed by atoms with Crippen LogP contribution in [0, 0.1) is 17.1 Å². The lowest BCUT2D eigenvalue weighted by Gasteiger charge is -2.23. The molecule has 0 aliphatic carbocycles. The van der Waals surface area contributed by atoms with Gasteiger partial charge in [0, 0.05) is 17.6 Å². The van der Waals surface area contributed by atoms with E-state index in [1.165, 1.54) is 12.1 Å². The number of nitriles is 1. The monoisotopic (exact) mass is 240 g/mol. The predicted octanol–water partition coefficient (Wildman–Crippen LogP) is 3.21. The van der Waals surface area contributed by atoms with Crippen molar-refractivity contribution in [3.8, 4) is 6.07 Å². The highest BCUT2D eigenvalue weighted by molar-refractivity contribution is 6.31. The summed E-state index contributed by atoms with van der Waals surface area (Å²) in [6.07, 6.45) is 0. The zero-order valence-electron chi connectivity index (χ0n) is 9.37. The molecule has 0 aliphatic heterocycles. The average molecular weight is 241 g/mol. The minimum atomic E-state index is -0.342. The van der Waals surface area contributed by atoms with E-state index in [4.69, 9.17) is 16.9 Å². The second kappa shape index (κ2) is 5.83. The summed E-state index contributed by atoms with van der Waals surface area (Å²) in [5.41, 5.74) is 0.840. The zero-order valence-corrected chi connectivity index (χ0v) is 10.1. The van der Waals surface area contributed by atoms with Gasteiger partial charge in [-0.1, -0.05) is 17.7 Å². The van der Waals surface area contributed by atoms with E-state index < -0.39 is 0 Å². The fourth-order valence-electron chi connectivity index (χ4n) is 1.38. The molecule has 0 N–H and O–H groups in total. The van der Waals surface area contributed by atoms with Crippen molar-refractivity contribution < 1.29 is 4.39 Å². The van der Waals surface area contributed by atoms with Gasteiger partial charge in [0.15, 0.2) is 0 Å². The summed E-state index contributed by atoms with van der Waals surface area (Å²) in [4.78, 5) is 1.97. The van der Waals surface area contributed by atoms with Gasteiger partial charge in [0.1, 0.15) is 5.82 Å². The van der Waals surface area contributed by atoms with Crippen molar-refractivity contribution in [3.63, 3.8) is 0 Å². The van der Waals surface area contributed by atoms with E-state index in [0.717, 1.165) is 5.56 Å². The second-order valence-electron chi connectivity index (χ2n) is 3.89. The first-order valence-corrected chi connectivity index (χ1v) is 5.47. The molecule has 2 nitrogen and oxygen atoms in total. The first-order valence-electron chi connectivity index (χ1n) is 5.09. The summed E-state index contributed by atoms with van der Waals surface area (Å²) in [7, 11) is 0. The third kappa shape index (κ3) is 3.48. The third-order valence-corrected chi connectivity index (χ3v) is 2.74. The second-order valence-corrected chi connectivity index (χ2v) is 4.30. The molecule has 4 heteroatoms. The predicted molar refractivity (Wildman–Crippen MR) is 62.6 cm³/mol. The Morgan fingerprint density at radius 3 is 2.69 bits per heavy atom. The Bertz CT molecular complexity index is 398. The Morgan fingerprint density at radius 2 is 2.19 bits per heavy atom. The molecule has 0 unspecified atom stereocenters. The number of rotatable bonds is 4. The number of benzene rings is 1. The largest absolute Gasteiger partial charge is 0.284 e. The van der Waals surface area contributed by atoms with Gasteiger partial charge >= 0.3 is 0 Å². The SMILES string of the molecule is CC(C)N(CC#N)Cc1ccc(F)cc1Cl. The van der Waals surface area contributed by atoms with Crippen LogP contribution in [0.2, 0.25) is 5.02 Å². The van der Waals surface area contributed by atoms with Crippen LogP contribution < -0.4 is 0 Å². The Balaban J connectivity index is 2.82. The molecule has 0 atom stereocenters. The van der Waals surface area contributed by atoms with E-state index >= 15 is 0 Å². The minimum absolute atomic E-state index is 0.251. The van der Waals surface area contributed by atoms with Crippen molar-refractivity contribution in [3.05, 3.63) is 34.6 Å². The van der Waals surface area contributed by atoms with Gasteiger partial charge in [-0.15, -0.1) is 0 Å². The maximum absolute atomic E-state index is 12.8. The van der Waals surface area contributed by atoms with Crippen LogP contribution in [0.3, 0.4) is 0 Å². The highest BCUT2D eigenvalue weighted by Crippen LogP contribution is 2.19. The van der Waals surface area contributed by atoms with Crippen LogP contribution >= 0.6 is 11.6 Å². The lowest BCUT2D eigenvalue weighted by molar-refractivity contribution is 0.240. The number of halogens is 2. The molecule has 86 valence electrons. The van der Waals surface area contributed by atoms with Crippen LogP contribution in [0.4, 0.5) is 4.39 Å². The molecule has 0 fully saturated rings. The molecule has 0 aromatic heterocycles. The minimum Gasteiger partial charge on any atom is -0.284 e. The van der Waals surface area contributed by atoms with Crippen molar-refractivity contribution in [2.45, 2.75) is 26.4 Å². The highest BCUT2D eigenvalue weighted by Gasteiger charge is 2.11. The summed E-state index contributed by atoms with van der Waals surface area (Å²) < 4.78 is 12.8. The van der Waals surface area contributed by atoms with E-state index in [0.29, 0.717) is 18.1 Å². The molecule has 0 radical (unpaired) electrons. The van der Waals surface area contributed by atoms with E-state index in [2.05, 4.69) is 6.07 Å². The Labute approximate surface area is 100 Å². The van der Waals surface area contributed by atoms with Crippen LogP contribution in [-0.4, -0.2) is 17.5 Å². The van der Waals surface area contributed by atoms with Crippen molar-refractivity contribution in [2.24, 2.45) is 0 Å². The molecule has 0 heterocycles. The molecule has 16 heavy (non-hydrogen) atoms. The molecular weight excluding hydrogens is 227 g/mol. The van der Waals surface area contributed by atoms with Gasteiger partial charge < -0.3 is 0 Å². The molecule has 0 aliphatic rings. The summed E-state index contributed by atoms with van der Waals surface area (Å²) in [5, 5.41) is 9.10. The van der Waals surface area contributed by atoms with Gasteiger partial charge in [0.2, 0.25) is 0 Å². The fraction of sp³-hybridized carbons (Fsp3) is 0.417. The maximum Gasteiger partial charge on any atom is 0.124 e. The molecule has 0 spiro atoms. The van der Waals surface area contributed by atoms with Crippen molar-refractivity contribution >= 4 is 11.6 Å². The smallest absolute Gasteiger partial charge is 0.124 e. The van der Waals surface area contributed by atoms with Crippen molar-refractivity contribution in [2.75, 3.05) is 6.54 Å². The van der Waals surface area contributed by atoms with Crippen molar-refractivity contribution in [1.82, 2.24) is 4.90 Å². The molecular formula is C12H14ClFN2. The molecule has 0 saturated carbocycles. The van der Waals surface area contributed by atoms with Gasteiger partial charge in [-0.05, 0) is 31.5 Å². The van der Waals surface area contributed by atoms with Crippen LogP contribution in [-0.2, 0) is 6.54 Å². The lowest BCUT2D eigenvalue weighted by atomic mass is 10.2. The first kappa shape index (κ1) is 13.0. The normalized spacial score (nSPS) is 10.8. The fourth-order valence-corrected chi connectivity index (χ4v) is 1.61. The van der Waals surface area contributed by atoms with Gasteiger partial charge in [-0.3, -0.25) is 4.90 Å². The summed E-state index contributed by atoms with van der Waals surface area (Å²) >= 11 is 5.93. The Morgan fingerprint density at radius 1 is 1.50 bits per heavy atom. The number of hydrogen-bond acceptors (Lipinski definition) is 2. The number of hydrogen-bond donors (Lipinski definition) is 0. The molecule has 1 aromatic carbocycles. The molecule has 1 aromatic rings. The summed E-state index contributed by atoms with van der Waals surface area (Å²) in [6, 6.07) is 6.69. The van der Waals surface area contributed by atoms with Crippen LogP contribution in [0.1, 0.15) is 19.4 Å². The quantitative estimate of drug-likeness (QED) is 0.756. The van der Waals surface area contributed by atoms with Gasteiger partial charge in [0.25, 0.3) is 0 Å². The van der Waals surface area contributed by atoms with Crippen LogP contribution in [0.15, 0.2) is 18.2 Å². The topological polar surface area (TPSA) is 27.0 Å². The molecule has 0 amide bonds. The van der Waals surface area contributed by atoms with Gasteiger partial charge in [-0.25, -0.2) is 4.39 Å². The third-order valence-electron chi connectivity index (χ3n) is 2.39. The van der Waals surface area contributed by atoms with E-state index in [-0.39, 0.29) is 11.9 Å². The van der Waals surface area contributed by atoms with E-state index in [1.807, 2.05) is 18.7 Å². The van der Waals surface area contributed by atoms with Gasteiger partial charge in [-0.2, -0.15) is 5.26 Å². The summed E-state index contributed by atoms with van der Waals surface area (Å²) in [5.74, 6) is -0.342. The first-order chi connectivity index (χ1) is 7.54. The lowest BCUT2D eigenvalue weighted by Crippen LogP contribution is -2.30. The zero-order chi connectivity index (χ0) is 12.1. The highest BCUT2D eigenvalue weighted by atomic mass is 35.5. The molecule has 0 saturated heterocycles. The molecule has 1 rings (SSSR count). The van der Waals surface area contributed by atoms with E-state index in [1.54, 1.807) is 6.07 Å². The maximum atomic E-state index is 12.8. The Hall–Kier alpha value is -1.11. The standard InChI is InChI=1S/C12H14ClFN2/c1-9(2)16(6-5-15)8-10-3-4-11(14)7-12(10)13/h3-4,7,9H,6,8H2,1-2H3. The van der Waals surface area contributed by atoms with E-state index in [9.17, 15) is 4.39 Å². The summed E-state index contributed by atoms with van der Waals surface area (Å²) in [6.45, 7) is 4.92. The van der Waals surface area contributed by atoms with Gasteiger partial charge in [0.05, 0.1) is 12.6 Å². The average Bonchev–Trinajstić information content (AvgIpc) is 2.20. The van der Waals surface area contributed by atoms with Crippen LogP contribution in [0.5, 0.6) is 0 Å². The van der Waals surface area contributed by atoms with Crippen molar-refractivity contribution in [1.29, 1.82) is 5.26 Å². The Kier molecular flexibility index (Phi) is 4.72. The molecule has 0 bridgehead atoms. The van der Waals surface area contributed by atoms with Crippen LogP contribution in [0.25, 0.3) is 0 Å².